The van der Waals surface area contributed by atoms with Gasteiger partial charge in [-0.05, 0) is 49.6 Å². The van der Waals surface area contributed by atoms with Gasteiger partial charge in [0.25, 0.3) is 5.56 Å². The number of carbonyl (C=O) groups is 3. The van der Waals surface area contributed by atoms with Gasteiger partial charge in [0.05, 0.1) is 35.6 Å². The van der Waals surface area contributed by atoms with E-state index in [0.717, 1.165) is 16.5 Å². The molecule has 3 aromatic rings. The summed E-state index contributed by atoms with van der Waals surface area (Å²) in [7, 11) is 1.53. The number of aryl methyl sites for hydroxylation is 1. The van der Waals surface area contributed by atoms with Gasteiger partial charge in [0.2, 0.25) is 0 Å². The van der Waals surface area contributed by atoms with E-state index >= 15 is 0 Å². The second-order valence-electron chi connectivity index (χ2n) is 10.3. The first-order chi connectivity index (χ1) is 19.5. The fourth-order valence-corrected chi connectivity index (χ4v) is 5.29. The summed E-state index contributed by atoms with van der Waals surface area (Å²) in [5, 5.41) is 11.9. The summed E-state index contributed by atoms with van der Waals surface area (Å²) in [5.41, 5.74) is 7.34. The SMILES string of the molecule is CCc1c2c(nc3ccc(OC(=O)N(C)CCOC(=O)C(C)N)cc13)-c1cc3c(c(=O)n1C2)COC(=O)[C@]3(O)CC. The van der Waals surface area contributed by atoms with Crippen LogP contribution in [0.15, 0.2) is 29.1 Å². The molecule has 0 spiro atoms. The lowest BCUT2D eigenvalue weighted by atomic mass is 9.86. The average Bonchev–Trinajstić information content (AvgIpc) is 3.32. The molecule has 12 nitrogen and oxygen atoms in total. The molecule has 1 unspecified atom stereocenters. The number of hydrogen-bond acceptors (Lipinski definition) is 10. The molecule has 41 heavy (non-hydrogen) atoms. The molecule has 0 saturated heterocycles. The number of fused-ring (bicyclic) bond motifs is 5. The van der Waals surface area contributed by atoms with Gasteiger partial charge in [0, 0.05) is 23.6 Å². The van der Waals surface area contributed by atoms with E-state index in [9.17, 15) is 24.3 Å². The number of esters is 2. The molecule has 2 aliphatic heterocycles. The Kier molecular flexibility index (Phi) is 7.30. The van der Waals surface area contributed by atoms with Crippen molar-refractivity contribution in [2.45, 2.75) is 58.4 Å². The molecule has 2 aliphatic rings. The van der Waals surface area contributed by atoms with E-state index in [2.05, 4.69) is 0 Å². The Bertz CT molecular complexity index is 1650. The van der Waals surface area contributed by atoms with Crippen LogP contribution in [-0.4, -0.2) is 63.8 Å². The summed E-state index contributed by atoms with van der Waals surface area (Å²) in [4.78, 5) is 56.2. The molecule has 1 amide bonds. The number of rotatable bonds is 7. The van der Waals surface area contributed by atoms with Gasteiger partial charge in [-0.15, -0.1) is 0 Å². The first kappa shape index (κ1) is 28.2. The first-order valence-electron chi connectivity index (χ1n) is 13.5. The number of aromatic nitrogens is 2. The minimum Gasteiger partial charge on any atom is -0.463 e. The van der Waals surface area contributed by atoms with Gasteiger partial charge < -0.3 is 34.5 Å². The summed E-state index contributed by atoms with van der Waals surface area (Å²) in [6.07, 6.45) is 0.0550. The third kappa shape index (κ3) is 4.72. The van der Waals surface area contributed by atoms with Crippen LogP contribution >= 0.6 is 0 Å². The van der Waals surface area contributed by atoms with Crippen molar-refractivity contribution in [1.29, 1.82) is 0 Å². The number of likely N-dealkylation sites (N-methyl/N-ethyl adjacent to an activating group) is 1. The molecule has 0 fully saturated rings. The van der Waals surface area contributed by atoms with Crippen molar-refractivity contribution in [2.24, 2.45) is 5.73 Å². The third-order valence-corrected chi connectivity index (χ3v) is 7.69. The first-order valence-corrected chi connectivity index (χ1v) is 13.5. The van der Waals surface area contributed by atoms with Crippen molar-refractivity contribution in [3.63, 3.8) is 0 Å². The van der Waals surface area contributed by atoms with Gasteiger partial charge in [0.15, 0.2) is 5.60 Å². The lowest BCUT2D eigenvalue weighted by molar-refractivity contribution is -0.172. The number of nitrogens with two attached hydrogens (primary N) is 1. The van der Waals surface area contributed by atoms with Crippen LogP contribution in [0.2, 0.25) is 0 Å². The summed E-state index contributed by atoms with van der Waals surface area (Å²) >= 11 is 0. The van der Waals surface area contributed by atoms with Crippen molar-refractivity contribution in [3.05, 3.63) is 56.9 Å². The van der Waals surface area contributed by atoms with Gasteiger partial charge in [-0.1, -0.05) is 13.8 Å². The highest BCUT2D eigenvalue weighted by Crippen LogP contribution is 2.40. The molecular formula is C29H32N4O8. The van der Waals surface area contributed by atoms with Crippen LogP contribution in [0, 0.1) is 0 Å². The second-order valence-corrected chi connectivity index (χ2v) is 10.3. The Morgan fingerprint density at radius 3 is 2.68 bits per heavy atom. The lowest BCUT2D eigenvalue weighted by Gasteiger charge is -2.31. The fraction of sp³-hybridized carbons (Fsp3) is 0.414. The smallest absolute Gasteiger partial charge is 0.415 e. The summed E-state index contributed by atoms with van der Waals surface area (Å²) < 4.78 is 17.3. The van der Waals surface area contributed by atoms with Crippen LogP contribution in [-0.2, 0) is 44.2 Å². The normalized spacial score (nSPS) is 17.8. The predicted octanol–water partition coefficient (Wildman–Crippen LogP) is 1.96. The lowest BCUT2D eigenvalue weighted by Crippen LogP contribution is -2.44. The van der Waals surface area contributed by atoms with Gasteiger partial charge in [0.1, 0.15) is 25.0 Å². The number of hydrogen-bond donors (Lipinski definition) is 2. The molecule has 2 aromatic heterocycles. The average molecular weight is 565 g/mol. The topological polar surface area (TPSA) is 163 Å². The van der Waals surface area contributed by atoms with Gasteiger partial charge in [-0.25, -0.2) is 14.6 Å². The molecule has 0 saturated carbocycles. The van der Waals surface area contributed by atoms with E-state index in [-0.39, 0.29) is 49.4 Å². The molecule has 1 aromatic carbocycles. The Hall–Kier alpha value is -4.29. The quantitative estimate of drug-likeness (QED) is 0.317. The van der Waals surface area contributed by atoms with Crippen molar-refractivity contribution >= 4 is 28.9 Å². The van der Waals surface area contributed by atoms with Crippen LogP contribution in [0.25, 0.3) is 22.3 Å². The minimum atomic E-state index is -1.90. The second kappa shape index (κ2) is 10.6. The summed E-state index contributed by atoms with van der Waals surface area (Å²) in [5.74, 6) is -1.01. The van der Waals surface area contributed by atoms with E-state index in [1.54, 1.807) is 35.8 Å². The summed E-state index contributed by atoms with van der Waals surface area (Å²) in [6.45, 7) is 5.36. The van der Waals surface area contributed by atoms with Crippen LogP contribution in [0.5, 0.6) is 5.75 Å². The Morgan fingerprint density at radius 2 is 2.00 bits per heavy atom. The molecular weight excluding hydrogens is 532 g/mol. The van der Waals surface area contributed by atoms with E-state index < -0.39 is 29.7 Å². The maximum absolute atomic E-state index is 13.5. The molecule has 0 radical (unpaired) electrons. The predicted molar refractivity (Wildman–Crippen MR) is 147 cm³/mol. The summed E-state index contributed by atoms with van der Waals surface area (Å²) in [6, 6.07) is 6.04. The van der Waals surface area contributed by atoms with Crippen LogP contribution in [0.4, 0.5) is 4.79 Å². The third-order valence-electron chi connectivity index (χ3n) is 7.69. The largest absolute Gasteiger partial charge is 0.463 e. The number of benzene rings is 1. The van der Waals surface area contributed by atoms with E-state index in [1.165, 1.54) is 18.9 Å². The molecule has 4 heterocycles. The van der Waals surface area contributed by atoms with Crippen LogP contribution in [0.3, 0.4) is 0 Å². The minimum absolute atomic E-state index is 0.0148. The maximum Gasteiger partial charge on any atom is 0.415 e. The molecule has 12 heteroatoms. The van der Waals surface area contributed by atoms with Crippen molar-refractivity contribution in [1.82, 2.24) is 14.5 Å². The highest BCUT2D eigenvalue weighted by Gasteiger charge is 2.45. The van der Waals surface area contributed by atoms with E-state index in [1.807, 2.05) is 6.92 Å². The van der Waals surface area contributed by atoms with Crippen LogP contribution in [0.1, 0.15) is 49.4 Å². The highest BCUT2D eigenvalue weighted by molar-refractivity contribution is 5.90. The zero-order valence-corrected chi connectivity index (χ0v) is 23.4. The van der Waals surface area contributed by atoms with Gasteiger partial charge >= 0.3 is 18.0 Å². The number of pyridine rings is 2. The zero-order chi connectivity index (χ0) is 29.6. The zero-order valence-electron chi connectivity index (χ0n) is 23.4. The number of ether oxygens (including phenoxy) is 3. The molecule has 2 atom stereocenters. The number of carbonyl (C=O) groups excluding carboxylic acids is 3. The highest BCUT2D eigenvalue weighted by atomic mass is 16.6. The van der Waals surface area contributed by atoms with Crippen molar-refractivity contribution < 1.29 is 33.7 Å². The monoisotopic (exact) mass is 564 g/mol. The number of nitrogens with zero attached hydrogens (tertiary/aromatic N) is 3. The Morgan fingerprint density at radius 1 is 1.24 bits per heavy atom. The molecule has 216 valence electrons. The maximum atomic E-state index is 13.5. The van der Waals surface area contributed by atoms with Crippen molar-refractivity contribution in [3.8, 4) is 17.1 Å². The molecule has 0 bridgehead atoms. The molecule has 3 N–H and O–H groups in total. The van der Waals surface area contributed by atoms with E-state index in [4.69, 9.17) is 24.9 Å². The Balaban J connectivity index is 1.46. The van der Waals surface area contributed by atoms with Crippen LogP contribution < -0.4 is 16.0 Å². The number of amides is 1. The molecule has 5 rings (SSSR count). The number of aliphatic hydroxyl groups is 1. The standard InChI is InChI=1S/C29H32N4O8/c1-5-17-18-11-16(41-28(37)32(4)9-10-39-26(35)15(3)30)7-8-22(18)31-24-19(17)13-33-23(24)12-21-20(25(33)34)14-40-27(36)29(21,38)6-2/h7-8,11-12,15,38H,5-6,9-10,13-14,30H2,1-4H3/t15?,29-/m0/s1. The van der Waals surface area contributed by atoms with Gasteiger partial charge in [-0.2, -0.15) is 0 Å². The van der Waals surface area contributed by atoms with Crippen molar-refractivity contribution in [2.75, 3.05) is 20.2 Å². The molecule has 0 aliphatic carbocycles. The number of cyclic esters (lactones) is 1. The fourth-order valence-electron chi connectivity index (χ4n) is 5.29. The van der Waals surface area contributed by atoms with E-state index in [0.29, 0.717) is 29.1 Å². The Labute approximate surface area is 235 Å². The van der Waals surface area contributed by atoms with Gasteiger partial charge in [-0.3, -0.25) is 9.59 Å².